The third-order valence-corrected chi connectivity index (χ3v) is 2.33. The van der Waals surface area contributed by atoms with Crippen molar-refractivity contribution >= 4 is 0 Å². The molecular weight excluding hydrogens is 164 g/mol. The van der Waals surface area contributed by atoms with E-state index in [2.05, 4.69) is 26.1 Å². The summed E-state index contributed by atoms with van der Waals surface area (Å²) in [5.74, 6) is 0. The highest BCUT2D eigenvalue weighted by molar-refractivity contribution is 4.91. The minimum absolute atomic E-state index is 0.00694. The summed E-state index contributed by atoms with van der Waals surface area (Å²) in [5.41, 5.74) is 5.53. The van der Waals surface area contributed by atoms with Crippen LogP contribution in [0.5, 0.6) is 0 Å². The van der Waals surface area contributed by atoms with Crippen molar-refractivity contribution in [3.63, 3.8) is 0 Å². The van der Waals surface area contributed by atoms with Crippen LogP contribution in [0.4, 0.5) is 0 Å². The lowest BCUT2D eigenvalue weighted by Gasteiger charge is -2.35. The highest BCUT2D eigenvalue weighted by Gasteiger charge is 2.37. The Bertz CT molecular complexity index is 157. The highest BCUT2D eigenvalue weighted by atomic mass is 16.5. The molecule has 0 spiro atoms. The molecule has 0 bridgehead atoms. The molecule has 3 N–H and O–H groups in total. The molecule has 1 saturated heterocycles. The Labute approximate surface area is 81.0 Å². The SMILES string of the molecule is CC(C)(C)OC1(CCN)CCNC1. The molecule has 0 aromatic heterocycles. The molecular formula is C10H22N2O. The van der Waals surface area contributed by atoms with Crippen molar-refractivity contribution in [3.8, 4) is 0 Å². The van der Waals surface area contributed by atoms with Crippen LogP contribution in [0.2, 0.25) is 0 Å². The van der Waals surface area contributed by atoms with Crippen molar-refractivity contribution in [2.24, 2.45) is 5.73 Å². The Hall–Kier alpha value is -0.120. The molecule has 1 rings (SSSR count). The van der Waals surface area contributed by atoms with Gasteiger partial charge in [0.15, 0.2) is 0 Å². The first-order valence-corrected chi connectivity index (χ1v) is 5.08. The quantitative estimate of drug-likeness (QED) is 0.688. The van der Waals surface area contributed by atoms with Crippen molar-refractivity contribution in [2.45, 2.75) is 44.8 Å². The van der Waals surface area contributed by atoms with E-state index in [1.165, 1.54) is 0 Å². The molecule has 3 nitrogen and oxygen atoms in total. The summed E-state index contributed by atoms with van der Waals surface area (Å²) in [4.78, 5) is 0. The van der Waals surface area contributed by atoms with E-state index < -0.39 is 0 Å². The maximum Gasteiger partial charge on any atom is 0.0837 e. The van der Waals surface area contributed by atoms with Gasteiger partial charge in [-0.2, -0.15) is 0 Å². The van der Waals surface area contributed by atoms with Crippen molar-refractivity contribution in [1.82, 2.24) is 5.32 Å². The third kappa shape index (κ3) is 3.25. The van der Waals surface area contributed by atoms with Crippen molar-refractivity contribution in [1.29, 1.82) is 0 Å². The molecule has 1 atom stereocenters. The number of hydrogen-bond donors (Lipinski definition) is 2. The third-order valence-electron chi connectivity index (χ3n) is 2.33. The summed E-state index contributed by atoms with van der Waals surface area (Å²) in [6.45, 7) is 9.01. The lowest BCUT2D eigenvalue weighted by atomic mass is 9.97. The van der Waals surface area contributed by atoms with Gasteiger partial charge in [0.1, 0.15) is 0 Å². The zero-order valence-electron chi connectivity index (χ0n) is 9.02. The lowest BCUT2D eigenvalue weighted by Crippen LogP contribution is -2.43. The molecule has 0 amide bonds. The van der Waals surface area contributed by atoms with Crippen LogP contribution in [0.1, 0.15) is 33.6 Å². The molecule has 1 aliphatic heterocycles. The summed E-state index contributed by atoms with van der Waals surface area (Å²) in [5, 5.41) is 3.34. The predicted octanol–water partition coefficient (Wildman–Crippen LogP) is 0.882. The van der Waals surface area contributed by atoms with Gasteiger partial charge in [0, 0.05) is 6.54 Å². The molecule has 3 heteroatoms. The van der Waals surface area contributed by atoms with Crippen LogP contribution in [0.15, 0.2) is 0 Å². The van der Waals surface area contributed by atoms with Gasteiger partial charge >= 0.3 is 0 Å². The van der Waals surface area contributed by atoms with Crippen LogP contribution >= 0.6 is 0 Å². The molecule has 0 aromatic carbocycles. The molecule has 0 aliphatic carbocycles. The van der Waals surface area contributed by atoms with Gasteiger partial charge in [-0.1, -0.05) is 0 Å². The van der Waals surface area contributed by atoms with E-state index in [0.717, 1.165) is 25.9 Å². The number of nitrogens with two attached hydrogens (primary N) is 1. The number of hydrogen-bond acceptors (Lipinski definition) is 3. The van der Waals surface area contributed by atoms with Gasteiger partial charge in [-0.25, -0.2) is 0 Å². The average Bonchev–Trinajstić information content (AvgIpc) is 2.33. The second kappa shape index (κ2) is 3.95. The molecule has 1 aliphatic rings. The first kappa shape index (κ1) is 11.0. The van der Waals surface area contributed by atoms with E-state index in [1.54, 1.807) is 0 Å². The maximum absolute atomic E-state index is 6.08. The van der Waals surface area contributed by atoms with Gasteiger partial charge in [0.05, 0.1) is 11.2 Å². The van der Waals surface area contributed by atoms with E-state index in [9.17, 15) is 0 Å². The number of nitrogens with one attached hydrogen (secondary N) is 1. The van der Waals surface area contributed by atoms with Crippen LogP contribution in [0.25, 0.3) is 0 Å². The van der Waals surface area contributed by atoms with E-state index >= 15 is 0 Å². The van der Waals surface area contributed by atoms with Crippen LogP contribution < -0.4 is 11.1 Å². The Balaban J connectivity index is 2.56. The van der Waals surface area contributed by atoms with Gasteiger partial charge in [0.25, 0.3) is 0 Å². The van der Waals surface area contributed by atoms with E-state index in [1.807, 2.05) is 0 Å². The van der Waals surface area contributed by atoms with E-state index in [0.29, 0.717) is 6.54 Å². The number of rotatable bonds is 3. The minimum atomic E-state index is -0.0683. The second-order valence-corrected chi connectivity index (χ2v) is 4.86. The Morgan fingerprint density at radius 2 is 2.15 bits per heavy atom. The fourth-order valence-electron chi connectivity index (χ4n) is 1.98. The maximum atomic E-state index is 6.08. The van der Waals surface area contributed by atoms with Crippen LogP contribution in [0, 0.1) is 0 Å². The Morgan fingerprint density at radius 1 is 1.46 bits per heavy atom. The summed E-state index contributed by atoms with van der Waals surface area (Å²) in [6, 6.07) is 0. The smallest absolute Gasteiger partial charge is 0.0837 e. The fourth-order valence-corrected chi connectivity index (χ4v) is 1.98. The van der Waals surface area contributed by atoms with Crippen molar-refractivity contribution < 1.29 is 4.74 Å². The first-order chi connectivity index (χ1) is 5.97. The molecule has 0 radical (unpaired) electrons. The Kier molecular flexibility index (Phi) is 3.33. The van der Waals surface area contributed by atoms with Gasteiger partial charge < -0.3 is 15.8 Å². The molecule has 1 fully saturated rings. The van der Waals surface area contributed by atoms with Gasteiger partial charge in [-0.05, 0) is 46.7 Å². The molecule has 0 aromatic rings. The molecule has 78 valence electrons. The van der Waals surface area contributed by atoms with Crippen LogP contribution in [0.3, 0.4) is 0 Å². The first-order valence-electron chi connectivity index (χ1n) is 5.08. The standard InChI is InChI=1S/C10H22N2O/c1-9(2,3)13-10(4-6-11)5-7-12-8-10/h12H,4-8,11H2,1-3H3. The molecule has 1 heterocycles. The van der Waals surface area contributed by atoms with Crippen LogP contribution in [-0.4, -0.2) is 30.8 Å². The summed E-state index contributed by atoms with van der Waals surface area (Å²) in [6.07, 6.45) is 2.04. The molecule has 1 unspecified atom stereocenters. The van der Waals surface area contributed by atoms with Crippen LogP contribution in [-0.2, 0) is 4.74 Å². The topological polar surface area (TPSA) is 47.3 Å². The average molecular weight is 186 g/mol. The zero-order valence-corrected chi connectivity index (χ0v) is 9.02. The second-order valence-electron chi connectivity index (χ2n) is 4.86. The summed E-state index contributed by atoms with van der Waals surface area (Å²) < 4.78 is 6.08. The lowest BCUT2D eigenvalue weighted by molar-refractivity contribution is -0.124. The van der Waals surface area contributed by atoms with Gasteiger partial charge in [0.2, 0.25) is 0 Å². The fraction of sp³-hybridized carbons (Fsp3) is 1.00. The van der Waals surface area contributed by atoms with Crippen molar-refractivity contribution in [3.05, 3.63) is 0 Å². The zero-order chi connectivity index (χ0) is 9.95. The van der Waals surface area contributed by atoms with Gasteiger partial charge in [-0.15, -0.1) is 0 Å². The summed E-state index contributed by atoms with van der Waals surface area (Å²) >= 11 is 0. The minimum Gasteiger partial charge on any atom is -0.368 e. The summed E-state index contributed by atoms with van der Waals surface area (Å²) in [7, 11) is 0. The van der Waals surface area contributed by atoms with E-state index in [-0.39, 0.29) is 11.2 Å². The normalized spacial score (nSPS) is 29.5. The highest BCUT2D eigenvalue weighted by Crippen LogP contribution is 2.28. The predicted molar refractivity (Wildman–Crippen MR) is 54.7 cm³/mol. The van der Waals surface area contributed by atoms with Gasteiger partial charge in [-0.3, -0.25) is 0 Å². The van der Waals surface area contributed by atoms with Crippen molar-refractivity contribution in [2.75, 3.05) is 19.6 Å². The molecule has 0 saturated carbocycles. The van der Waals surface area contributed by atoms with E-state index in [4.69, 9.17) is 10.5 Å². The number of ether oxygens (including phenoxy) is 1. The monoisotopic (exact) mass is 186 g/mol. The molecule has 13 heavy (non-hydrogen) atoms. The Morgan fingerprint density at radius 3 is 2.54 bits per heavy atom. The largest absolute Gasteiger partial charge is 0.368 e.